The van der Waals surface area contributed by atoms with Crippen molar-refractivity contribution in [2.45, 2.75) is 39.2 Å². The molecule has 0 aliphatic carbocycles. The number of hydrogen-bond donors (Lipinski definition) is 0. The smallest absolute Gasteiger partial charge is 0.227 e. The molecule has 1 saturated heterocycles. The Bertz CT molecular complexity index is 979. The summed E-state index contributed by atoms with van der Waals surface area (Å²) in [6.07, 6.45) is 1.52. The van der Waals surface area contributed by atoms with Gasteiger partial charge < -0.3 is 9.47 Å². The first-order valence-corrected chi connectivity index (χ1v) is 9.48. The molecule has 5 heteroatoms. The molecule has 1 aliphatic heterocycles. The maximum Gasteiger partial charge on any atom is 0.227 e. The molecule has 1 fully saturated rings. The second kappa shape index (κ2) is 6.76. The number of anilines is 1. The predicted octanol–water partition coefficient (Wildman–Crippen LogP) is 4.93. The molecule has 26 heavy (non-hydrogen) atoms. The van der Waals surface area contributed by atoms with E-state index < -0.39 is 0 Å². The number of aryl methyl sites for hydroxylation is 2. The van der Waals surface area contributed by atoms with Crippen molar-refractivity contribution in [3.8, 4) is 0 Å². The zero-order valence-electron chi connectivity index (χ0n) is 15.1. The number of fused-ring (bicyclic) bond motifs is 1. The largest absolute Gasteiger partial charge is 0.328 e. The summed E-state index contributed by atoms with van der Waals surface area (Å²) < 4.78 is 2.28. The van der Waals surface area contributed by atoms with E-state index in [1.165, 1.54) is 0 Å². The van der Waals surface area contributed by atoms with Crippen LogP contribution in [0.3, 0.4) is 0 Å². The maximum atomic E-state index is 12.8. The van der Waals surface area contributed by atoms with Crippen LogP contribution in [0, 0.1) is 6.92 Å². The number of benzene rings is 2. The second-order valence-corrected chi connectivity index (χ2v) is 7.38. The number of amides is 1. The van der Waals surface area contributed by atoms with Gasteiger partial charge in [0.2, 0.25) is 5.91 Å². The maximum absolute atomic E-state index is 12.8. The Balaban J connectivity index is 1.72. The van der Waals surface area contributed by atoms with Gasteiger partial charge in [-0.1, -0.05) is 36.7 Å². The minimum absolute atomic E-state index is 0.0971. The number of rotatable bonds is 4. The van der Waals surface area contributed by atoms with Gasteiger partial charge in [0, 0.05) is 36.1 Å². The van der Waals surface area contributed by atoms with Crippen LogP contribution in [0.5, 0.6) is 0 Å². The molecule has 4 rings (SSSR count). The molecular formula is C21H22ClN3O. The minimum Gasteiger partial charge on any atom is -0.328 e. The summed E-state index contributed by atoms with van der Waals surface area (Å²) in [6.45, 7) is 5.74. The summed E-state index contributed by atoms with van der Waals surface area (Å²) in [5.74, 6) is 1.25. The average molecular weight is 368 g/mol. The van der Waals surface area contributed by atoms with E-state index in [2.05, 4.69) is 17.6 Å². The van der Waals surface area contributed by atoms with Gasteiger partial charge in [0.25, 0.3) is 0 Å². The van der Waals surface area contributed by atoms with Gasteiger partial charge in [0.15, 0.2) is 0 Å². The minimum atomic E-state index is 0.0971. The highest BCUT2D eigenvalue weighted by molar-refractivity contribution is 6.31. The summed E-state index contributed by atoms with van der Waals surface area (Å²) in [7, 11) is 0. The van der Waals surface area contributed by atoms with E-state index in [1.807, 2.05) is 48.2 Å². The standard InChI is InChI=1S/C21H22ClN3O/c1-3-10-24-18-7-5-4-6-17(18)23-21(24)15-11-20(26)25(13-15)19-12-16(22)9-8-14(19)2/h4-9,12,15H,3,10-11,13H2,1-2H3/t15-/m1/s1. The molecule has 1 aromatic heterocycles. The Morgan fingerprint density at radius 2 is 2.04 bits per heavy atom. The van der Waals surface area contributed by atoms with Crippen molar-refractivity contribution < 1.29 is 4.79 Å². The van der Waals surface area contributed by atoms with Crippen LogP contribution < -0.4 is 4.90 Å². The fourth-order valence-corrected chi connectivity index (χ4v) is 4.02. The number of nitrogens with zero attached hydrogens (tertiary/aromatic N) is 3. The molecule has 134 valence electrons. The van der Waals surface area contributed by atoms with Gasteiger partial charge in [-0.25, -0.2) is 4.98 Å². The third kappa shape index (κ3) is 2.88. The topological polar surface area (TPSA) is 38.1 Å². The first kappa shape index (κ1) is 17.1. The third-order valence-electron chi connectivity index (χ3n) is 5.08. The van der Waals surface area contributed by atoms with Gasteiger partial charge in [-0.15, -0.1) is 0 Å². The number of para-hydroxylation sites is 2. The van der Waals surface area contributed by atoms with E-state index >= 15 is 0 Å². The van der Waals surface area contributed by atoms with Crippen LogP contribution in [0.4, 0.5) is 5.69 Å². The molecule has 1 amide bonds. The van der Waals surface area contributed by atoms with Crippen LogP contribution >= 0.6 is 11.6 Å². The molecule has 2 aromatic carbocycles. The Morgan fingerprint density at radius 1 is 1.23 bits per heavy atom. The van der Waals surface area contributed by atoms with Crippen molar-refractivity contribution >= 4 is 34.2 Å². The van der Waals surface area contributed by atoms with E-state index in [-0.39, 0.29) is 11.8 Å². The molecule has 3 aromatic rings. The number of aromatic nitrogens is 2. The fourth-order valence-electron chi connectivity index (χ4n) is 3.85. The highest BCUT2D eigenvalue weighted by Gasteiger charge is 2.35. The summed E-state index contributed by atoms with van der Waals surface area (Å²) >= 11 is 6.16. The number of hydrogen-bond acceptors (Lipinski definition) is 2. The van der Waals surface area contributed by atoms with Crippen LogP contribution in [-0.2, 0) is 11.3 Å². The number of halogens is 1. The monoisotopic (exact) mass is 367 g/mol. The third-order valence-corrected chi connectivity index (χ3v) is 5.32. The Hall–Kier alpha value is -2.33. The summed E-state index contributed by atoms with van der Waals surface area (Å²) in [6, 6.07) is 13.9. The van der Waals surface area contributed by atoms with Gasteiger partial charge in [0.05, 0.1) is 11.0 Å². The molecule has 0 unspecified atom stereocenters. The molecule has 0 saturated carbocycles. The molecule has 0 bridgehead atoms. The van der Waals surface area contributed by atoms with Crippen LogP contribution in [0.15, 0.2) is 42.5 Å². The van der Waals surface area contributed by atoms with Crippen molar-refractivity contribution in [1.82, 2.24) is 9.55 Å². The highest BCUT2D eigenvalue weighted by atomic mass is 35.5. The van der Waals surface area contributed by atoms with Crippen molar-refractivity contribution in [2.24, 2.45) is 0 Å². The summed E-state index contributed by atoms with van der Waals surface area (Å²) in [5, 5.41) is 0.653. The van der Waals surface area contributed by atoms with Gasteiger partial charge >= 0.3 is 0 Å². The van der Waals surface area contributed by atoms with E-state index in [9.17, 15) is 4.79 Å². The average Bonchev–Trinajstić information content (AvgIpc) is 3.18. The van der Waals surface area contributed by atoms with Crippen LogP contribution in [-0.4, -0.2) is 22.0 Å². The zero-order valence-corrected chi connectivity index (χ0v) is 15.8. The zero-order chi connectivity index (χ0) is 18.3. The molecule has 0 N–H and O–H groups in total. The molecular weight excluding hydrogens is 346 g/mol. The van der Waals surface area contributed by atoms with Crippen molar-refractivity contribution in [3.05, 3.63) is 58.9 Å². The van der Waals surface area contributed by atoms with Gasteiger partial charge in [-0.2, -0.15) is 0 Å². The molecule has 4 nitrogen and oxygen atoms in total. The van der Waals surface area contributed by atoms with Gasteiger partial charge in [0.1, 0.15) is 5.82 Å². The lowest BCUT2D eigenvalue weighted by molar-refractivity contribution is -0.117. The fraction of sp³-hybridized carbons (Fsp3) is 0.333. The Kier molecular flexibility index (Phi) is 4.45. The van der Waals surface area contributed by atoms with Crippen LogP contribution in [0.1, 0.15) is 37.1 Å². The number of carbonyl (C=O) groups excluding carboxylic acids is 1. The lowest BCUT2D eigenvalue weighted by Gasteiger charge is -2.19. The van der Waals surface area contributed by atoms with E-state index in [0.717, 1.165) is 41.1 Å². The van der Waals surface area contributed by atoms with E-state index in [0.29, 0.717) is 18.0 Å². The van der Waals surface area contributed by atoms with Crippen molar-refractivity contribution in [2.75, 3.05) is 11.4 Å². The molecule has 2 heterocycles. The van der Waals surface area contributed by atoms with Gasteiger partial charge in [-0.3, -0.25) is 4.79 Å². The van der Waals surface area contributed by atoms with Crippen LogP contribution in [0.25, 0.3) is 11.0 Å². The first-order chi connectivity index (χ1) is 12.6. The first-order valence-electron chi connectivity index (χ1n) is 9.10. The lowest BCUT2D eigenvalue weighted by Crippen LogP contribution is -2.25. The Labute approximate surface area is 158 Å². The molecule has 1 atom stereocenters. The number of carbonyl (C=O) groups is 1. The quantitative estimate of drug-likeness (QED) is 0.655. The number of imidazole rings is 1. The molecule has 0 spiro atoms. The van der Waals surface area contributed by atoms with Crippen LogP contribution in [0.2, 0.25) is 5.02 Å². The van der Waals surface area contributed by atoms with Gasteiger partial charge in [-0.05, 0) is 43.2 Å². The second-order valence-electron chi connectivity index (χ2n) is 6.95. The normalized spacial score (nSPS) is 17.4. The van der Waals surface area contributed by atoms with E-state index in [4.69, 9.17) is 16.6 Å². The predicted molar refractivity (Wildman–Crippen MR) is 106 cm³/mol. The SMILES string of the molecule is CCCn1c([C@@H]2CC(=O)N(c3cc(Cl)ccc3C)C2)nc2ccccc21. The lowest BCUT2D eigenvalue weighted by atomic mass is 10.1. The highest BCUT2D eigenvalue weighted by Crippen LogP contribution is 2.35. The molecule has 0 radical (unpaired) electrons. The Morgan fingerprint density at radius 3 is 2.85 bits per heavy atom. The summed E-state index contributed by atoms with van der Waals surface area (Å²) in [5.41, 5.74) is 4.11. The van der Waals surface area contributed by atoms with Crippen molar-refractivity contribution in [3.63, 3.8) is 0 Å². The molecule has 1 aliphatic rings. The summed E-state index contributed by atoms with van der Waals surface area (Å²) in [4.78, 5) is 19.5. The van der Waals surface area contributed by atoms with E-state index in [1.54, 1.807) is 0 Å². The van der Waals surface area contributed by atoms with Crippen molar-refractivity contribution in [1.29, 1.82) is 0 Å².